The molecule has 0 saturated carbocycles. The van der Waals surface area contributed by atoms with Crippen LogP contribution in [0.25, 0.3) is 0 Å². The molecule has 0 nitrogen and oxygen atoms in total. The van der Waals surface area contributed by atoms with Gasteiger partial charge >= 0.3 is 0 Å². The molecule has 1 aliphatic rings. The van der Waals surface area contributed by atoms with E-state index in [0.29, 0.717) is 13.1 Å². The van der Waals surface area contributed by atoms with E-state index >= 15 is 0 Å². The summed E-state index contributed by atoms with van der Waals surface area (Å²) in [6.07, 6.45) is 4.51. The van der Waals surface area contributed by atoms with Gasteiger partial charge in [-0.2, -0.15) is 0 Å². The summed E-state index contributed by atoms with van der Waals surface area (Å²) in [7, 11) is 0.353. The van der Waals surface area contributed by atoms with Crippen molar-refractivity contribution in [3.63, 3.8) is 0 Å². The quantitative estimate of drug-likeness (QED) is 0.474. The summed E-state index contributed by atoms with van der Waals surface area (Å²) in [4.78, 5) is 0. The van der Waals surface area contributed by atoms with Crippen molar-refractivity contribution in [1.29, 1.82) is 0 Å². The highest BCUT2D eigenvalue weighted by Crippen LogP contribution is 2.58. The molecule has 0 bridgehead atoms. The van der Waals surface area contributed by atoms with Crippen LogP contribution >= 0.6 is 7.92 Å². The average Bonchev–Trinajstić information content (AvgIpc) is 2.11. The minimum absolute atomic E-state index is 0.353. The van der Waals surface area contributed by atoms with Gasteiger partial charge in [0.25, 0.3) is 0 Å². The maximum Gasteiger partial charge on any atom is -0.0177 e. The molecule has 0 radical (unpaired) electrons. The lowest BCUT2D eigenvalue weighted by molar-refractivity contribution is 0.768. The molecule has 1 saturated heterocycles. The first-order valence-electron chi connectivity index (χ1n) is 4.28. The van der Waals surface area contributed by atoms with Crippen LogP contribution in [0.5, 0.6) is 0 Å². The standard InChI is InChI=1S/C9H19P/c1-8-6-5-7-10(8)9(2,3)4/h8H,5-7H2,1-4H3/t8-,10?/m1/s1. The Bertz CT molecular complexity index is 112. The van der Waals surface area contributed by atoms with Crippen LogP contribution in [0.2, 0.25) is 0 Å². The van der Waals surface area contributed by atoms with Crippen LogP contribution in [-0.4, -0.2) is 17.0 Å². The van der Waals surface area contributed by atoms with E-state index in [1.807, 2.05) is 0 Å². The fraction of sp³-hybridized carbons (Fsp3) is 1.00. The molecule has 60 valence electrons. The van der Waals surface area contributed by atoms with Gasteiger partial charge in [-0.25, -0.2) is 0 Å². The molecule has 1 rings (SSSR count). The normalized spacial score (nSPS) is 34.8. The molecule has 0 aromatic carbocycles. The monoisotopic (exact) mass is 158 g/mol. The average molecular weight is 158 g/mol. The first kappa shape index (κ1) is 8.53. The second-order valence-corrected chi connectivity index (χ2v) is 7.97. The number of hydrogen-bond donors (Lipinski definition) is 0. The maximum absolute atomic E-state index is 2.43. The van der Waals surface area contributed by atoms with E-state index in [2.05, 4.69) is 27.7 Å². The van der Waals surface area contributed by atoms with E-state index < -0.39 is 0 Å². The Morgan fingerprint density at radius 3 is 2.10 bits per heavy atom. The van der Waals surface area contributed by atoms with E-state index in [0.717, 1.165) is 5.66 Å². The van der Waals surface area contributed by atoms with Gasteiger partial charge in [-0.1, -0.05) is 35.6 Å². The molecule has 1 unspecified atom stereocenters. The Morgan fingerprint density at radius 1 is 1.30 bits per heavy atom. The van der Waals surface area contributed by atoms with Crippen LogP contribution in [-0.2, 0) is 0 Å². The molecule has 0 N–H and O–H groups in total. The molecule has 1 fully saturated rings. The second kappa shape index (κ2) is 2.81. The van der Waals surface area contributed by atoms with Gasteiger partial charge in [0.05, 0.1) is 0 Å². The van der Waals surface area contributed by atoms with Crippen LogP contribution in [0, 0.1) is 0 Å². The fourth-order valence-electron chi connectivity index (χ4n) is 1.93. The van der Waals surface area contributed by atoms with Crippen molar-refractivity contribution in [1.82, 2.24) is 0 Å². The summed E-state index contributed by atoms with van der Waals surface area (Å²) in [6.45, 7) is 9.64. The van der Waals surface area contributed by atoms with Gasteiger partial charge < -0.3 is 0 Å². The lowest BCUT2D eigenvalue weighted by atomic mass is 10.3. The van der Waals surface area contributed by atoms with Gasteiger partial charge in [0.1, 0.15) is 0 Å². The van der Waals surface area contributed by atoms with Gasteiger partial charge in [0.15, 0.2) is 0 Å². The lowest BCUT2D eigenvalue weighted by Crippen LogP contribution is -2.15. The van der Waals surface area contributed by atoms with E-state index in [-0.39, 0.29) is 0 Å². The van der Waals surface area contributed by atoms with Crippen LogP contribution in [0.1, 0.15) is 40.5 Å². The smallest absolute Gasteiger partial charge is 0.0177 e. The summed E-state index contributed by atoms with van der Waals surface area (Å²) < 4.78 is 0. The molecular formula is C9H19P. The molecule has 1 aliphatic heterocycles. The summed E-state index contributed by atoms with van der Waals surface area (Å²) in [5, 5.41) is 0.616. The summed E-state index contributed by atoms with van der Waals surface area (Å²) in [6, 6.07) is 0. The van der Waals surface area contributed by atoms with Gasteiger partial charge in [-0.3, -0.25) is 0 Å². The molecule has 0 aromatic rings. The largest absolute Gasteiger partial charge is 0.0983 e. The Morgan fingerprint density at radius 2 is 1.90 bits per heavy atom. The zero-order chi connectivity index (χ0) is 7.78. The molecule has 1 heterocycles. The van der Waals surface area contributed by atoms with Crippen molar-refractivity contribution in [2.75, 3.05) is 6.16 Å². The van der Waals surface area contributed by atoms with Crippen molar-refractivity contribution in [2.45, 2.75) is 51.4 Å². The minimum Gasteiger partial charge on any atom is -0.0983 e. The van der Waals surface area contributed by atoms with E-state index in [4.69, 9.17) is 0 Å². The topological polar surface area (TPSA) is 0 Å². The van der Waals surface area contributed by atoms with Crippen LogP contribution in [0.15, 0.2) is 0 Å². The summed E-state index contributed by atoms with van der Waals surface area (Å²) >= 11 is 0. The third-order valence-electron chi connectivity index (χ3n) is 2.41. The van der Waals surface area contributed by atoms with Crippen molar-refractivity contribution in [3.8, 4) is 0 Å². The molecule has 1 heteroatoms. The van der Waals surface area contributed by atoms with Crippen molar-refractivity contribution < 1.29 is 0 Å². The zero-order valence-electron chi connectivity index (χ0n) is 7.65. The SMILES string of the molecule is C[C@@H]1CCCP1C(C)(C)C. The van der Waals surface area contributed by atoms with Gasteiger partial charge in [0.2, 0.25) is 0 Å². The Balaban J connectivity index is 2.55. The molecule has 0 aromatic heterocycles. The highest BCUT2D eigenvalue weighted by Gasteiger charge is 2.32. The van der Waals surface area contributed by atoms with Crippen molar-refractivity contribution in [3.05, 3.63) is 0 Å². The Labute approximate surface area is 66.2 Å². The predicted octanol–water partition coefficient (Wildman–Crippen LogP) is 3.45. The number of hydrogen-bond acceptors (Lipinski definition) is 0. The third kappa shape index (κ3) is 1.72. The maximum atomic E-state index is 2.43. The Hall–Kier alpha value is 0.430. The fourth-order valence-corrected chi connectivity index (χ4v) is 5.38. The second-order valence-electron chi connectivity index (χ2n) is 4.36. The molecule has 0 amide bonds. The Kier molecular flexibility index (Phi) is 2.40. The predicted molar refractivity (Wildman–Crippen MR) is 50.2 cm³/mol. The van der Waals surface area contributed by atoms with E-state index in [1.54, 1.807) is 0 Å². The van der Waals surface area contributed by atoms with E-state index in [9.17, 15) is 0 Å². The molecular weight excluding hydrogens is 139 g/mol. The first-order chi connectivity index (χ1) is 4.52. The van der Waals surface area contributed by atoms with Crippen LogP contribution in [0.4, 0.5) is 0 Å². The molecule has 0 spiro atoms. The first-order valence-corrected chi connectivity index (χ1v) is 5.88. The zero-order valence-corrected chi connectivity index (χ0v) is 8.54. The summed E-state index contributed by atoms with van der Waals surface area (Å²) in [5.41, 5.74) is 1.04. The van der Waals surface area contributed by atoms with Gasteiger partial charge in [0, 0.05) is 0 Å². The third-order valence-corrected chi connectivity index (χ3v) is 6.26. The van der Waals surface area contributed by atoms with Gasteiger partial charge in [-0.15, -0.1) is 0 Å². The van der Waals surface area contributed by atoms with Crippen LogP contribution < -0.4 is 0 Å². The van der Waals surface area contributed by atoms with Gasteiger partial charge in [-0.05, 0) is 29.8 Å². The highest BCUT2D eigenvalue weighted by atomic mass is 31.1. The molecule has 10 heavy (non-hydrogen) atoms. The lowest BCUT2D eigenvalue weighted by Gasteiger charge is -2.31. The van der Waals surface area contributed by atoms with Crippen molar-refractivity contribution >= 4 is 7.92 Å². The minimum atomic E-state index is 0.353. The highest BCUT2D eigenvalue weighted by molar-refractivity contribution is 7.60. The summed E-state index contributed by atoms with van der Waals surface area (Å²) in [5.74, 6) is 0. The molecule has 2 atom stereocenters. The van der Waals surface area contributed by atoms with E-state index in [1.165, 1.54) is 19.0 Å². The number of rotatable bonds is 0. The van der Waals surface area contributed by atoms with Crippen LogP contribution in [0.3, 0.4) is 0 Å². The molecule has 0 aliphatic carbocycles. The van der Waals surface area contributed by atoms with Crippen molar-refractivity contribution in [2.24, 2.45) is 0 Å².